The second kappa shape index (κ2) is 4.23. The lowest BCUT2D eigenvalue weighted by Crippen LogP contribution is -2.29. The van der Waals surface area contributed by atoms with Crippen molar-refractivity contribution >= 4 is 15.5 Å². The molecule has 0 bridgehead atoms. The molecular weight excluding hydrogens is 166 g/mol. The maximum atomic E-state index is 11.0. The zero-order valence-electron chi connectivity index (χ0n) is 6.56. The van der Waals surface area contributed by atoms with Crippen LogP contribution in [0.4, 0.5) is 0 Å². The molecule has 11 heavy (non-hydrogen) atoms. The van der Waals surface area contributed by atoms with Crippen molar-refractivity contribution in [2.45, 2.75) is 6.00 Å². The van der Waals surface area contributed by atoms with Crippen LogP contribution in [0.3, 0.4) is 0 Å². The van der Waals surface area contributed by atoms with Gasteiger partial charge in [0.15, 0.2) is 0 Å². The third kappa shape index (κ3) is 4.55. The molecule has 0 saturated carbocycles. The minimum Gasteiger partial charge on any atom is -0.402 e. The minimum absolute atomic E-state index is 0.105. The summed E-state index contributed by atoms with van der Waals surface area (Å²) in [5, 5.41) is 10.8. The minimum atomic E-state index is -3.48. The Kier molecular flexibility index (Phi) is 4.28. The van der Waals surface area contributed by atoms with E-state index in [0.717, 1.165) is 4.67 Å². The van der Waals surface area contributed by atoms with Crippen LogP contribution in [0.15, 0.2) is 0 Å². The molecule has 7 heteroatoms. The summed E-state index contributed by atoms with van der Waals surface area (Å²) in [5.74, 6) is 0. The number of nitrogens with one attached hydrogen (secondary N) is 1. The molecule has 0 spiro atoms. The lowest BCUT2D eigenvalue weighted by Gasteiger charge is -2.19. The molecule has 0 aliphatic carbocycles. The highest BCUT2D eigenvalue weighted by atomic mass is 31.2. The van der Waals surface area contributed by atoms with E-state index in [1.165, 1.54) is 14.1 Å². The molecule has 0 aromatic rings. The van der Waals surface area contributed by atoms with Crippen molar-refractivity contribution < 1.29 is 14.6 Å². The topological polar surface area (TPSA) is 72.8 Å². The normalized spacial score (nSPS) is 19.7. The summed E-state index contributed by atoms with van der Waals surface area (Å²) in [6, 6.07) is -1.12. The lowest BCUT2D eigenvalue weighted by molar-refractivity contribution is 0.254. The fraction of sp³-hybridized carbons (Fsp3) is 1.00. The first-order chi connectivity index (χ1) is 4.86. The van der Waals surface area contributed by atoms with Crippen molar-refractivity contribution in [1.29, 1.82) is 0 Å². The Bertz CT molecular complexity index is 163. The van der Waals surface area contributed by atoms with E-state index in [0.29, 0.717) is 0 Å². The standard InChI is InChI=1S/C4H12BN2O3P/c1-7(2)11(9,10)6-3-4(5)8/h4,8H,3H2,1-2H3,(H2,6,9,10)/t4-/m1/s1. The highest BCUT2D eigenvalue weighted by Gasteiger charge is 2.20. The monoisotopic (exact) mass is 178 g/mol. The Balaban J connectivity index is 3.84. The van der Waals surface area contributed by atoms with Crippen LogP contribution in [0, 0.1) is 0 Å². The van der Waals surface area contributed by atoms with E-state index in [-0.39, 0.29) is 6.54 Å². The molecule has 64 valence electrons. The average molecular weight is 178 g/mol. The number of nitrogens with zero attached hydrogens (tertiary/aromatic N) is 1. The number of aliphatic hydroxyl groups is 1. The highest BCUT2D eigenvalue weighted by molar-refractivity contribution is 7.53. The highest BCUT2D eigenvalue weighted by Crippen LogP contribution is 2.36. The molecule has 0 saturated heterocycles. The average Bonchev–Trinajstić information content (AvgIpc) is 1.84. The molecule has 0 heterocycles. The van der Waals surface area contributed by atoms with Gasteiger partial charge < -0.3 is 10.00 Å². The van der Waals surface area contributed by atoms with Crippen molar-refractivity contribution in [2.24, 2.45) is 0 Å². The van der Waals surface area contributed by atoms with Crippen LogP contribution < -0.4 is 5.09 Å². The zero-order chi connectivity index (χ0) is 9.07. The van der Waals surface area contributed by atoms with E-state index in [2.05, 4.69) is 5.09 Å². The maximum Gasteiger partial charge on any atom is 0.340 e. The van der Waals surface area contributed by atoms with Crippen LogP contribution >= 0.6 is 7.67 Å². The molecule has 1 unspecified atom stereocenters. The van der Waals surface area contributed by atoms with Crippen molar-refractivity contribution in [2.75, 3.05) is 20.6 Å². The first kappa shape index (κ1) is 11.1. The van der Waals surface area contributed by atoms with Gasteiger partial charge >= 0.3 is 7.67 Å². The smallest absolute Gasteiger partial charge is 0.340 e. The van der Waals surface area contributed by atoms with Gasteiger partial charge in [0.05, 0.1) is 0 Å². The van der Waals surface area contributed by atoms with Gasteiger partial charge in [-0.2, -0.15) is 0 Å². The van der Waals surface area contributed by atoms with Gasteiger partial charge in [-0.05, 0) is 14.1 Å². The number of aliphatic hydroxyl groups excluding tert-OH is 1. The number of hydrogen-bond donors (Lipinski definition) is 3. The van der Waals surface area contributed by atoms with Gasteiger partial charge in [0.2, 0.25) is 0 Å². The van der Waals surface area contributed by atoms with Gasteiger partial charge in [-0.25, -0.2) is 9.76 Å². The Labute approximate surface area is 67.4 Å². The van der Waals surface area contributed by atoms with Gasteiger partial charge in [-0.1, -0.05) is 0 Å². The zero-order valence-corrected chi connectivity index (χ0v) is 7.45. The Hall–Kier alpha value is 0.135. The third-order valence-electron chi connectivity index (χ3n) is 1.05. The number of hydrogen-bond acceptors (Lipinski definition) is 2. The molecule has 0 amide bonds. The second-order valence-electron chi connectivity index (χ2n) is 2.32. The van der Waals surface area contributed by atoms with E-state index in [1.807, 2.05) is 0 Å². The summed E-state index contributed by atoms with van der Waals surface area (Å²) in [4.78, 5) is 9.04. The quantitative estimate of drug-likeness (QED) is 0.369. The van der Waals surface area contributed by atoms with Crippen LogP contribution in [-0.4, -0.2) is 49.2 Å². The summed E-state index contributed by atoms with van der Waals surface area (Å²) in [6.07, 6.45) is 0. The van der Waals surface area contributed by atoms with Gasteiger partial charge in [-0.15, -0.1) is 0 Å². The molecule has 0 fully saturated rings. The van der Waals surface area contributed by atoms with Crippen molar-refractivity contribution in [3.05, 3.63) is 0 Å². The summed E-state index contributed by atoms with van der Waals surface area (Å²) in [7, 11) is 4.38. The van der Waals surface area contributed by atoms with E-state index >= 15 is 0 Å². The first-order valence-corrected chi connectivity index (χ1v) is 4.67. The molecule has 2 radical (unpaired) electrons. The molecule has 0 aromatic carbocycles. The van der Waals surface area contributed by atoms with E-state index < -0.39 is 13.7 Å². The fourth-order valence-corrected chi connectivity index (χ4v) is 1.06. The van der Waals surface area contributed by atoms with E-state index in [1.54, 1.807) is 0 Å². The van der Waals surface area contributed by atoms with E-state index in [4.69, 9.17) is 17.8 Å². The fourth-order valence-electron chi connectivity index (χ4n) is 0.354. The van der Waals surface area contributed by atoms with Gasteiger partial charge in [-0.3, -0.25) is 4.57 Å². The molecule has 0 aliphatic heterocycles. The Morgan fingerprint density at radius 3 is 2.45 bits per heavy atom. The van der Waals surface area contributed by atoms with Gasteiger partial charge in [0.1, 0.15) is 7.85 Å². The van der Waals surface area contributed by atoms with Crippen LogP contribution in [0.2, 0.25) is 0 Å². The Morgan fingerprint density at radius 2 is 2.18 bits per heavy atom. The molecule has 0 aliphatic rings. The van der Waals surface area contributed by atoms with Crippen molar-refractivity contribution in [3.63, 3.8) is 0 Å². The lowest BCUT2D eigenvalue weighted by atomic mass is 10.0. The van der Waals surface area contributed by atoms with Crippen LogP contribution in [0.1, 0.15) is 0 Å². The maximum absolute atomic E-state index is 11.0. The molecule has 0 rings (SSSR count). The molecule has 5 nitrogen and oxygen atoms in total. The molecular formula is C4H12BN2O3P. The molecule has 0 aromatic heterocycles. The molecule has 3 N–H and O–H groups in total. The largest absolute Gasteiger partial charge is 0.402 e. The summed E-state index contributed by atoms with van der Waals surface area (Å²) >= 11 is 0. The van der Waals surface area contributed by atoms with Crippen molar-refractivity contribution in [3.8, 4) is 0 Å². The van der Waals surface area contributed by atoms with Crippen LogP contribution in [-0.2, 0) is 4.57 Å². The molecule has 2 atom stereocenters. The van der Waals surface area contributed by atoms with Gasteiger partial charge in [0.25, 0.3) is 0 Å². The van der Waals surface area contributed by atoms with Crippen LogP contribution in [0.25, 0.3) is 0 Å². The van der Waals surface area contributed by atoms with Crippen LogP contribution in [0.5, 0.6) is 0 Å². The van der Waals surface area contributed by atoms with Crippen molar-refractivity contribution in [1.82, 2.24) is 9.76 Å². The second-order valence-corrected chi connectivity index (χ2v) is 4.53. The predicted molar refractivity (Wildman–Crippen MR) is 43.3 cm³/mol. The Morgan fingerprint density at radius 1 is 1.73 bits per heavy atom. The summed E-state index contributed by atoms with van der Waals surface area (Å²) in [6.45, 7) is -0.105. The van der Waals surface area contributed by atoms with E-state index in [9.17, 15) is 4.57 Å². The first-order valence-electron chi connectivity index (χ1n) is 3.05. The SMILES string of the molecule is [B][C@H](O)CNP(=O)(O)N(C)C. The predicted octanol–water partition coefficient (Wildman–Crippen LogP) is -1.28. The summed E-state index contributed by atoms with van der Waals surface area (Å²) < 4.78 is 12.2. The third-order valence-corrected chi connectivity index (χ3v) is 2.73. The summed E-state index contributed by atoms with van der Waals surface area (Å²) in [5.41, 5.74) is 0. The van der Waals surface area contributed by atoms with Gasteiger partial charge in [0, 0.05) is 12.5 Å². The number of rotatable bonds is 4.